The number of aromatic nitrogens is 4. The van der Waals surface area contributed by atoms with E-state index in [0.29, 0.717) is 11.6 Å². The first-order chi connectivity index (χ1) is 17.3. The van der Waals surface area contributed by atoms with Gasteiger partial charge in [0.2, 0.25) is 0 Å². The van der Waals surface area contributed by atoms with Crippen LogP contribution >= 0.6 is 0 Å². The molecule has 1 aliphatic heterocycles. The van der Waals surface area contributed by atoms with E-state index in [1.807, 2.05) is 36.4 Å². The van der Waals surface area contributed by atoms with E-state index >= 15 is 0 Å². The molecule has 0 spiro atoms. The summed E-state index contributed by atoms with van der Waals surface area (Å²) in [7, 11) is -3.46. The maximum atomic E-state index is 12.6. The molecule has 1 N–H and O–H groups in total. The molecule has 1 aliphatic rings. The van der Waals surface area contributed by atoms with Gasteiger partial charge in [-0.15, -0.1) is 0 Å². The van der Waals surface area contributed by atoms with Crippen molar-refractivity contribution in [3.8, 4) is 11.4 Å². The number of carbonyl (C=O) groups excluding carboxylic acids is 1. The van der Waals surface area contributed by atoms with Crippen LogP contribution in [0.4, 0.5) is 5.82 Å². The van der Waals surface area contributed by atoms with Gasteiger partial charge in [-0.2, -0.15) is 0 Å². The fourth-order valence-electron chi connectivity index (χ4n) is 4.20. The smallest absolute Gasteiger partial charge is 0.253 e. The number of rotatable bonds is 6. The number of carbonyl (C=O) groups is 1. The fraction of sp³-hybridized carbons (Fsp3) is 0.269. The van der Waals surface area contributed by atoms with E-state index in [4.69, 9.17) is 9.97 Å². The molecule has 1 atom stereocenters. The number of nitrogens with one attached hydrogen (secondary N) is 1. The predicted molar refractivity (Wildman–Crippen MR) is 137 cm³/mol. The summed E-state index contributed by atoms with van der Waals surface area (Å²) in [4.78, 5) is 32.8. The van der Waals surface area contributed by atoms with Crippen molar-refractivity contribution >= 4 is 32.5 Å². The van der Waals surface area contributed by atoms with E-state index in [1.54, 1.807) is 6.20 Å². The normalized spacial score (nSPS) is 15.8. The Labute approximate surface area is 209 Å². The zero-order valence-corrected chi connectivity index (χ0v) is 20.9. The first-order valence-corrected chi connectivity index (χ1v) is 13.6. The van der Waals surface area contributed by atoms with E-state index in [-0.39, 0.29) is 17.0 Å². The predicted octanol–water partition coefficient (Wildman–Crippen LogP) is 3.27. The number of sulfone groups is 1. The third-order valence-corrected chi connectivity index (χ3v) is 7.29. The minimum absolute atomic E-state index is 0.00682. The zero-order valence-electron chi connectivity index (χ0n) is 20.0. The number of nitrogens with zero attached hydrogens (tertiary/aromatic N) is 5. The molecule has 184 valence electrons. The van der Waals surface area contributed by atoms with Crippen molar-refractivity contribution in [2.45, 2.75) is 24.8 Å². The molecule has 0 radical (unpaired) electrons. The second-order valence-corrected chi connectivity index (χ2v) is 11.2. The van der Waals surface area contributed by atoms with Gasteiger partial charge in [0.15, 0.2) is 9.84 Å². The Morgan fingerprint density at radius 1 is 1.08 bits per heavy atom. The van der Waals surface area contributed by atoms with Gasteiger partial charge in [0.05, 0.1) is 39.6 Å². The average Bonchev–Trinajstić information content (AvgIpc) is 3.32. The van der Waals surface area contributed by atoms with Gasteiger partial charge < -0.3 is 10.2 Å². The van der Waals surface area contributed by atoms with Gasteiger partial charge in [0.1, 0.15) is 5.82 Å². The number of amides is 1. The third-order valence-electron chi connectivity index (χ3n) is 6.21. The van der Waals surface area contributed by atoms with E-state index in [2.05, 4.69) is 27.1 Å². The minimum Gasteiger partial charge on any atom is -0.356 e. The van der Waals surface area contributed by atoms with Crippen LogP contribution in [-0.4, -0.2) is 53.6 Å². The number of anilines is 1. The van der Waals surface area contributed by atoms with Crippen molar-refractivity contribution in [3.63, 3.8) is 0 Å². The Morgan fingerprint density at radius 2 is 1.92 bits per heavy atom. The standard InChI is InChI=1S/C26H26N6O3S/c1-17-8-9-32(16-17)25-5-3-4-22(31-25)23-7-6-18-13-28-20(11-24(18)30-23)14-29-26(33)19-10-21(15-27-12-19)36(2,34)35/h3-7,10-13,15,17H,8-9,14,16H2,1-2H3,(H,29,33)/t17-/m0/s1. The van der Waals surface area contributed by atoms with E-state index in [0.717, 1.165) is 47.5 Å². The maximum Gasteiger partial charge on any atom is 0.253 e. The number of pyridine rings is 4. The molecule has 0 aromatic carbocycles. The quantitative estimate of drug-likeness (QED) is 0.427. The Kier molecular flexibility index (Phi) is 6.36. The molecular formula is C26H26N6O3S. The van der Waals surface area contributed by atoms with Crippen molar-refractivity contribution in [2.75, 3.05) is 24.2 Å². The van der Waals surface area contributed by atoms with Crippen LogP contribution in [0.5, 0.6) is 0 Å². The first-order valence-electron chi connectivity index (χ1n) is 11.7. The van der Waals surface area contributed by atoms with Gasteiger partial charge in [0, 0.05) is 43.3 Å². The van der Waals surface area contributed by atoms with Crippen molar-refractivity contribution < 1.29 is 13.2 Å². The molecule has 36 heavy (non-hydrogen) atoms. The molecule has 9 nitrogen and oxygen atoms in total. The molecular weight excluding hydrogens is 476 g/mol. The molecule has 4 aromatic rings. The Hall–Kier alpha value is -3.92. The third kappa shape index (κ3) is 5.18. The molecule has 5 rings (SSSR count). The minimum atomic E-state index is -3.46. The van der Waals surface area contributed by atoms with Crippen LogP contribution in [0.3, 0.4) is 0 Å². The topological polar surface area (TPSA) is 118 Å². The van der Waals surface area contributed by atoms with Gasteiger partial charge >= 0.3 is 0 Å². The highest BCUT2D eigenvalue weighted by Gasteiger charge is 2.20. The van der Waals surface area contributed by atoms with Gasteiger partial charge in [0.25, 0.3) is 5.91 Å². The first kappa shape index (κ1) is 23.8. The highest BCUT2D eigenvalue weighted by Crippen LogP contribution is 2.25. The summed E-state index contributed by atoms with van der Waals surface area (Å²) in [5.74, 6) is 1.20. The summed E-state index contributed by atoms with van der Waals surface area (Å²) >= 11 is 0. The monoisotopic (exact) mass is 502 g/mol. The van der Waals surface area contributed by atoms with Gasteiger partial charge in [-0.3, -0.25) is 14.8 Å². The van der Waals surface area contributed by atoms with E-state index in [1.165, 1.54) is 24.9 Å². The molecule has 0 aliphatic carbocycles. The molecule has 5 heterocycles. The summed E-state index contributed by atoms with van der Waals surface area (Å²) in [5, 5.41) is 3.64. The summed E-state index contributed by atoms with van der Waals surface area (Å²) in [6.07, 6.45) is 6.51. The van der Waals surface area contributed by atoms with Crippen LogP contribution in [0.25, 0.3) is 22.3 Å². The largest absolute Gasteiger partial charge is 0.356 e. The van der Waals surface area contributed by atoms with Crippen molar-refractivity contribution in [1.82, 2.24) is 25.3 Å². The van der Waals surface area contributed by atoms with Crippen LogP contribution in [0, 0.1) is 5.92 Å². The second kappa shape index (κ2) is 9.62. The van der Waals surface area contributed by atoms with Crippen LogP contribution < -0.4 is 10.2 Å². The van der Waals surface area contributed by atoms with Crippen LogP contribution in [0.2, 0.25) is 0 Å². The lowest BCUT2D eigenvalue weighted by molar-refractivity contribution is 0.0950. The fourth-order valence-corrected chi connectivity index (χ4v) is 4.79. The van der Waals surface area contributed by atoms with E-state index < -0.39 is 15.7 Å². The lowest BCUT2D eigenvalue weighted by Crippen LogP contribution is -2.23. The molecule has 4 aromatic heterocycles. The van der Waals surface area contributed by atoms with Crippen molar-refractivity contribution in [2.24, 2.45) is 5.92 Å². The van der Waals surface area contributed by atoms with Crippen molar-refractivity contribution in [3.05, 3.63) is 72.3 Å². The molecule has 10 heteroatoms. The summed E-state index contributed by atoms with van der Waals surface area (Å²) < 4.78 is 23.5. The van der Waals surface area contributed by atoms with E-state index in [9.17, 15) is 13.2 Å². The summed E-state index contributed by atoms with van der Waals surface area (Å²) in [5.41, 5.74) is 3.10. The lowest BCUT2D eigenvalue weighted by Gasteiger charge is -2.17. The van der Waals surface area contributed by atoms with Gasteiger partial charge in [-0.1, -0.05) is 13.0 Å². The zero-order chi connectivity index (χ0) is 25.3. The summed E-state index contributed by atoms with van der Waals surface area (Å²) in [6.45, 7) is 4.44. The van der Waals surface area contributed by atoms with Crippen LogP contribution in [0.15, 0.2) is 66.0 Å². The molecule has 0 saturated carbocycles. The Bertz CT molecular complexity index is 1560. The number of fused-ring (bicyclic) bond motifs is 1. The van der Waals surface area contributed by atoms with Crippen LogP contribution in [0.1, 0.15) is 29.4 Å². The highest BCUT2D eigenvalue weighted by atomic mass is 32.2. The number of hydrogen-bond donors (Lipinski definition) is 1. The second-order valence-electron chi connectivity index (χ2n) is 9.15. The van der Waals surface area contributed by atoms with Crippen molar-refractivity contribution in [1.29, 1.82) is 0 Å². The van der Waals surface area contributed by atoms with Gasteiger partial charge in [-0.05, 0) is 48.7 Å². The molecule has 1 fully saturated rings. The highest BCUT2D eigenvalue weighted by molar-refractivity contribution is 7.90. The summed E-state index contributed by atoms with van der Waals surface area (Å²) in [6, 6.07) is 13.0. The molecule has 0 unspecified atom stereocenters. The molecule has 1 amide bonds. The average molecular weight is 503 g/mol. The Morgan fingerprint density at radius 3 is 2.69 bits per heavy atom. The molecule has 1 saturated heterocycles. The maximum absolute atomic E-state index is 12.6. The van der Waals surface area contributed by atoms with Crippen LogP contribution in [-0.2, 0) is 16.4 Å². The lowest BCUT2D eigenvalue weighted by atomic mass is 10.2. The Balaban J connectivity index is 1.34. The number of hydrogen-bond acceptors (Lipinski definition) is 8. The molecule has 0 bridgehead atoms. The van der Waals surface area contributed by atoms with Gasteiger partial charge in [-0.25, -0.2) is 18.4 Å². The SMILES string of the molecule is C[C@H]1CCN(c2cccc(-c3ccc4cnc(CNC(=O)c5cncc(S(C)(=O)=O)c5)cc4n3)n2)C1.